The van der Waals surface area contributed by atoms with Gasteiger partial charge in [0.05, 0.1) is 29.8 Å². The van der Waals surface area contributed by atoms with Crippen molar-refractivity contribution in [1.29, 1.82) is 0 Å². The van der Waals surface area contributed by atoms with Gasteiger partial charge in [0.15, 0.2) is 0 Å². The van der Waals surface area contributed by atoms with Crippen LogP contribution in [0.15, 0.2) is 59.8 Å². The molecule has 0 aliphatic heterocycles. The van der Waals surface area contributed by atoms with Gasteiger partial charge in [0.2, 0.25) is 5.91 Å². The van der Waals surface area contributed by atoms with Gasteiger partial charge in [-0.3, -0.25) is 14.4 Å². The number of nitrogens with zero attached hydrogens (tertiary/aromatic N) is 2. The number of pyridine rings is 1. The van der Waals surface area contributed by atoms with Crippen molar-refractivity contribution in [3.05, 3.63) is 87.6 Å². The van der Waals surface area contributed by atoms with Gasteiger partial charge in [-0.2, -0.15) is 0 Å². The molecule has 198 valence electrons. The minimum Gasteiger partial charge on any atom is -0.481 e. The molecule has 8 heteroatoms. The maximum absolute atomic E-state index is 13.7. The van der Waals surface area contributed by atoms with E-state index in [4.69, 9.17) is 0 Å². The number of imidazole rings is 1. The van der Waals surface area contributed by atoms with Gasteiger partial charge in [0.1, 0.15) is 6.04 Å². The number of aromatic nitrogens is 3. The Morgan fingerprint density at radius 2 is 1.79 bits per heavy atom. The van der Waals surface area contributed by atoms with Crippen LogP contribution in [0.1, 0.15) is 61.0 Å². The third-order valence-corrected chi connectivity index (χ3v) is 6.83. The van der Waals surface area contributed by atoms with E-state index in [1.165, 1.54) is 10.6 Å². The van der Waals surface area contributed by atoms with Crippen LogP contribution in [0.25, 0.3) is 22.2 Å². The summed E-state index contributed by atoms with van der Waals surface area (Å²) in [5.74, 6) is -1.33. The van der Waals surface area contributed by atoms with Crippen LogP contribution in [-0.2, 0) is 9.59 Å². The second kappa shape index (κ2) is 11.0. The number of H-pyrrole nitrogens is 1. The number of carboxylic acids is 1. The Balaban J connectivity index is 1.81. The molecule has 0 radical (unpaired) electrons. The highest BCUT2D eigenvalue weighted by Gasteiger charge is 2.28. The number of aryl methyl sites for hydroxylation is 3. The quantitative estimate of drug-likeness (QED) is 0.283. The van der Waals surface area contributed by atoms with E-state index in [9.17, 15) is 19.5 Å². The molecule has 0 aliphatic carbocycles. The molecular weight excluding hydrogens is 480 g/mol. The molecule has 4 rings (SSSR count). The maximum Gasteiger partial charge on any atom is 0.305 e. The summed E-state index contributed by atoms with van der Waals surface area (Å²) in [6.45, 7) is 9.85. The number of nitrogens with one attached hydrogen (secondary N) is 2. The number of carbonyl (C=O) groups is 2. The lowest BCUT2D eigenvalue weighted by atomic mass is 9.91. The van der Waals surface area contributed by atoms with E-state index in [0.717, 1.165) is 33.3 Å². The van der Waals surface area contributed by atoms with E-state index in [2.05, 4.69) is 15.3 Å². The van der Waals surface area contributed by atoms with Crippen LogP contribution in [-0.4, -0.2) is 31.5 Å². The Bertz CT molecular complexity index is 1530. The van der Waals surface area contributed by atoms with Crippen molar-refractivity contribution in [2.75, 3.05) is 0 Å². The first-order valence-corrected chi connectivity index (χ1v) is 12.8. The summed E-state index contributed by atoms with van der Waals surface area (Å²) in [4.78, 5) is 46.1. The van der Waals surface area contributed by atoms with Crippen LogP contribution < -0.4 is 10.9 Å². The van der Waals surface area contributed by atoms with Crippen molar-refractivity contribution in [3.63, 3.8) is 0 Å². The molecule has 0 saturated heterocycles. The van der Waals surface area contributed by atoms with Gasteiger partial charge in [-0.15, -0.1) is 0 Å². The average molecular weight is 515 g/mol. The van der Waals surface area contributed by atoms with Gasteiger partial charge in [-0.05, 0) is 79.1 Å². The first-order valence-electron chi connectivity index (χ1n) is 12.8. The van der Waals surface area contributed by atoms with Crippen molar-refractivity contribution >= 4 is 22.9 Å². The Morgan fingerprint density at radius 1 is 1.08 bits per heavy atom. The molecule has 8 nitrogen and oxygen atoms in total. The summed E-state index contributed by atoms with van der Waals surface area (Å²) < 4.78 is 1.43. The number of fused-ring (bicyclic) bond motifs is 1. The van der Waals surface area contributed by atoms with Gasteiger partial charge in [0.25, 0.3) is 5.56 Å². The van der Waals surface area contributed by atoms with Crippen LogP contribution in [0.2, 0.25) is 0 Å². The number of hydrogen-bond acceptors (Lipinski definition) is 4. The van der Waals surface area contributed by atoms with Gasteiger partial charge < -0.3 is 20.0 Å². The standard InChI is InChI=1S/C30H34N4O4/c1-17(2)11-25(34-10-9-18(3)12-26(34)35)30(38)33-23(15-27(36)37)22-13-21(14-24-29(22)32-16-31-24)28-19(4)7-6-8-20(28)5/h6-10,12-14,16-17,23,25H,11,15H2,1-5H3,(H,31,32)(H,33,38)(H,36,37)/t23-,25+/m0/s1. The van der Waals surface area contributed by atoms with Crippen LogP contribution in [0, 0.1) is 26.7 Å². The number of carboxylic acid groups (broad SMARTS) is 1. The number of aliphatic carboxylic acids is 1. The number of rotatable bonds is 9. The molecule has 0 bridgehead atoms. The molecule has 0 aliphatic rings. The SMILES string of the molecule is Cc1ccn([C@H](CC(C)C)C(=O)N[C@@H](CC(=O)O)c2cc(-c3c(C)cccc3C)cc3[nH]cnc23)c(=O)c1. The molecule has 0 spiro atoms. The smallest absolute Gasteiger partial charge is 0.305 e. The summed E-state index contributed by atoms with van der Waals surface area (Å²) in [5.41, 5.74) is 6.62. The topological polar surface area (TPSA) is 117 Å². The highest BCUT2D eigenvalue weighted by Crippen LogP contribution is 2.34. The Hall–Kier alpha value is -4.20. The van der Waals surface area contributed by atoms with E-state index in [1.54, 1.807) is 18.6 Å². The van der Waals surface area contributed by atoms with Crippen LogP contribution in [0.4, 0.5) is 0 Å². The van der Waals surface area contributed by atoms with Crippen molar-refractivity contribution < 1.29 is 14.7 Å². The molecular formula is C30H34N4O4. The Morgan fingerprint density at radius 3 is 2.42 bits per heavy atom. The fraction of sp³-hybridized carbons (Fsp3) is 0.333. The average Bonchev–Trinajstić information content (AvgIpc) is 3.30. The van der Waals surface area contributed by atoms with Crippen LogP contribution >= 0.6 is 0 Å². The monoisotopic (exact) mass is 514 g/mol. The summed E-state index contributed by atoms with van der Waals surface area (Å²) in [6.07, 6.45) is 3.29. The Labute approximate surface area is 221 Å². The summed E-state index contributed by atoms with van der Waals surface area (Å²) in [5, 5.41) is 12.8. The lowest BCUT2D eigenvalue weighted by Crippen LogP contribution is -2.40. The zero-order valence-corrected chi connectivity index (χ0v) is 22.4. The number of amides is 1. The van der Waals surface area contributed by atoms with Crippen LogP contribution in [0.3, 0.4) is 0 Å². The zero-order chi connectivity index (χ0) is 27.6. The molecule has 1 amide bonds. The number of carbonyl (C=O) groups excluding carboxylic acids is 1. The highest BCUT2D eigenvalue weighted by molar-refractivity contribution is 5.88. The largest absolute Gasteiger partial charge is 0.481 e. The minimum absolute atomic E-state index is 0.127. The maximum atomic E-state index is 13.7. The summed E-state index contributed by atoms with van der Waals surface area (Å²) in [7, 11) is 0. The predicted molar refractivity (Wildman–Crippen MR) is 148 cm³/mol. The third kappa shape index (κ3) is 5.69. The van der Waals surface area contributed by atoms with Gasteiger partial charge in [-0.1, -0.05) is 32.0 Å². The van der Waals surface area contributed by atoms with Crippen molar-refractivity contribution in [1.82, 2.24) is 19.9 Å². The second-order valence-electron chi connectivity index (χ2n) is 10.4. The molecule has 0 unspecified atom stereocenters. The van der Waals surface area contributed by atoms with Crippen LogP contribution in [0.5, 0.6) is 0 Å². The van der Waals surface area contributed by atoms with Crippen molar-refractivity contribution in [2.45, 2.75) is 59.5 Å². The third-order valence-electron chi connectivity index (χ3n) is 6.83. The van der Waals surface area contributed by atoms with E-state index in [0.29, 0.717) is 17.5 Å². The molecule has 0 fully saturated rings. The zero-order valence-electron chi connectivity index (χ0n) is 22.4. The Kier molecular flexibility index (Phi) is 7.80. The van der Waals surface area contributed by atoms with E-state index >= 15 is 0 Å². The molecule has 3 N–H and O–H groups in total. The molecule has 4 aromatic rings. The van der Waals surface area contributed by atoms with Gasteiger partial charge in [-0.25, -0.2) is 4.98 Å². The predicted octanol–water partition coefficient (Wildman–Crippen LogP) is 5.24. The molecule has 2 heterocycles. The van der Waals surface area contributed by atoms with E-state index < -0.39 is 24.0 Å². The van der Waals surface area contributed by atoms with Gasteiger partial charge >= 0.3 is 5.97 Å². The number of aromatic amines is 1. The molecule has 2 atom stereocenters. The highest BCUT2D eigenvalue weighted by atomic mass is 16.4. The minimum atomic E-state index is -1.05. The molecule has 38 heavy (non-hydrogen) atoms. The van der Waals surface area contributed by atoms with E-state index in [1.807, 2.05) is 65.0 Å². The van der Waals surface area contributed by atoms with E-state index in [-0.39, 0.29) is 17.9 Å². The summed E-state index contributed by atoms with van der Waals surface area (Å²) >= 11 is 0. The second-order valence-corrected chi connectivity index (χ2v) is 10.4. The molecule has 2 aromatic heterocycles. The molecule has 2 aromatic carbocycles. The lowest BCUT2D eigenvalue weighted by molar-refractivity contribution is -0.138. The lowest BCUT2D eigenvalue weighted by Gasteiger charge is -2.25. The first kappa shape index (κ1) is 26.9. The fourth-order valence-electron chi connectivity index (χ4n) is 5.08. The fourth-order valence-corrected chi connectivity index (χ4v) is 5.08. The van der Waals surface area contributed by atoms with Gasteiger partial charge in [0, 0.05) is 17.8 Å². The number of hydrogen-bond donors (Lipinski definition) is 3. The molecule has 0 saturated carbocycles. The first-order chi connectivity index (χ1) is 18.0. The summed E-state index contributed by atoms with van der Waals surface area (Å²) in [6, 6.07) is 11.6. The van der Waals surface area contributed by atoms with Crippen molar-refractivity contribution in [3.8, 4) is 11.1 Å². The van der Waals surface area contributed by atoms with Crippen molar-refractivity contribution in [2.24, 2.45) is 5.92 Å². The number of benzene rings is 2. The normalized spacial score (nSPS) is 13.0.